The second-order valence-electron chi connectivity index (χ2n) is 4.53. The fourth-order valence-corrected chi connectivity index (χ4v) is 2.29. The molecule has 2 rings (SSSR count). The predicted octanol–water partition coefficient (Wildman–Crippen LogP) is 1.57. The molecule has 18 heavy (non-hydrogen) atoms. The first-order chi connectivity index (χ1) is 8.79. The summed E-state index contributed by atoms with van der Waals surface area (Å²) in [5.74, 6) is 0.179. The van der Waals surface area contributed by atoms with Crippen molar-refractivity contribution in [3.05, 3.63) is 24.5 Å². The Bertz CT molecular complexity index is 410. The molecule has 5 nitrogen and oxygen atoms in total. The highest BCUT2D eigenvalue weighted by Crippen LogP contribution is 2.27. The smallest absolute Gasteiger partial charge is 0.227 e. The summed E-state index contributed by atoms with van der Waals surface area (Å²) in [4.78, 5) is 20.1. The maximum absolute atomic E-state index is 12.0. The normalized spacial score (nSPS) is 24.0. The number of hydrogen-bond acceptors (Lipinski definition) is 3. The second kappa shape index (κ2) is 6.14. The van der Waals surface area contributed by atoms with E-state index >= 15 is 0 Å². The van der Waals surface area contributed by atoms with Gasteiger partial charge in [-0.25, -0.2) is 0 Å². The third-order valence-electron chi connectivity index (χ3n) is 3.31. The van der Waals surface area contributed by atoms with Crippen LogP contribution in [0.4, 0.5) is 5.69 Å². The van der Waals surface area contributed by atoms with Crippen LogP contribution < -0.4 is 11.1 Å². The Hall–Kier alpha value is -1.91. The summed E-state index contributed by atoms with van der Waals surface area (Å²) >= 11 is 0. The number of pyridine rings is 1. The Kier molecular flexibility index (Phi) is 4.28. The van der Waals surface area contributed by atoms with Crippen molar-refractivity contribution in [3.8, 4) is 0 Å². The molecule has 1 fully saturated rings. The molecule has 0 unspecified atom stereocenters. The minimum atomic E-state index is 0.0855. The summed E-state index contributed by atoms with van der Waals surface area (Å²) < 4.78 is 0. The zero-order valence-corrected chi connectivity index (χ0v) is 10.2. The highest BCUT2D eigenvalue weighted by Gasteiger charge is 2.25. The lowest BCUT2D eigenvalue weighted by molar-refractivity contribution is -0.120. The van der Waals surface area contributed by atoms with Gasteiger partial charge in [0.05, 0.1) is 12.4 Å². The number of rotatable bonds is 3. The fourth-order valence-electron chi connectivity index (χ4n) is 2.29. The summed E-state index contributed by atoms with van der Waals surface area (Å²) in [6.45, 7) is 0. The Morgan fingerprint density at radius 3 is 2.61 bits per heavy atom. The molecule has 0 aromatic carbocycles. The molecule has 5 heteroatoms. The van der Waals surface area contributed by atoms with Crippen molar-refractivity contribution in [2.24, 2.45) is 16.6 Å². The second-order valence-corrected chi connectivity index (χ2v) is 4.53. The minimum absolute atomic E-state index is 0.0855. The molecule has 0 aliphatic heterocycles. The van der Waals surface area contributed by atoms with Gasteiger partial charge in [0.2, 0.25) is 5.91 Å². The number of hydrogen-bond donors (Lipinski definition) is 2. The van der Waals surface area contributed by atoms with Crippen molar-refractivity contribution in [1.29, 1.82) is 0 Å². The van der Waals surface area contributed by atoms with E-state index < -0.39 is 0 Å². The van der Waals surface area contributed by atoms with Gasteiger partial charge in [0.15, 0.2) is 0 Å². The first-order valence-electron chi connectivity index (χ1n) is 6.24. The number of nitrogens with one attached hydrogen (secondary N) is 1. The monoisotopic (exact) mass is 246 g/mol. The zero-order valence-electron chi connectivity index (χ0n) is 10.2. The van der Waals surface area contributed by atoms with Gasteiger partial charge in [0.1, 0.15) is 0 Å². The van der Waals surface area contributed by atoms with Crippen LogP contribution in [0.5, 0.6) is 0 Å². The number of carbonyl (C=O) groups is 1. The maximum atomic E-state index is 12.0. The molecule has 0 spiro atoms. The summed E-state index contributed by atoms with van der Waals surface area (Å²) in [7, 11) is 0. The van der Waals surface area contributed by atoms with Crippen molar-refractivity contribution in [2.45, 2.75) is 31.7 Å². The first kappa shape index (κ1) is 12.5. The Labute approximate surface area is 107 Å². The summed E-state index contributed by atoms with van der Waals surface area (Å²) in [6.07, 6.45) is 8.31. The average molecular weight is 246 g/mol. The molecule has 1 aromatic rings. The van der Waals surface area contributed by atoms with Gasteiger partial charge in [-0.05, 0) is 37.8 Å². The Morgan fingerprint density at radius 2 is 2.00 bits per heavy atom. The van der Waals surface area contributed by atoms with Crippen molar-refractivity contribution in [3.63, 3.8) is 0 Å². The van der Waals surface area contributed by atoms with Gasteiger partial charge in [-0.3, -0.25) is 14.8 Å². The van der Waals surface area contributed by atoms with E-state index in [9.17, 15) is 4.79 Å². The molecule has 0 atom stereocenters. The van der Waals surface area contributed by atoms with Gasteiger partial charge in [0, 0.05) is 24.0 Å². The highest BCUT2D eigenvalue weighted by atomic mass is 16.1. The molecule has 0 saturated heterocycles. The van der Waals surface area contributed by atoms with Crippen LogP contribution in [-0.2, 0) is 4.79 Å². The van der Waals surface area contributed by atoms with Crippen LogP contribution in [0.25, 0.3) is 0 Å². The van der Waals surface area contributed by atoms with E-state index in [1.54, 1.807) is 24.5 Å². The maximum Gasteiger partial charge on any atom is 0.227 e. The third-order valence-corrected chi connectivity index (χ3v) is 3.31. The van der Waals surface area contributed by atoms with E-state index in [1.807, 2.05) is 0 Å². The van der Waals surface area contributed by atoms with E-state index in [0.717, 1.165) is 31.4 Å². The molecule has 1 aliphatic rings. The number of aromatic nitrogens is 1. The van der Waals surface area contributed by atoms with Crippen LogP contribution in [0.15, 0.2) is 29.5 Å². The molecular weight excluding hydrogens is 228 g/mol. The largest absolute Gasteiger partial charge is 0.390 e. The molecule has 1 heterocycles. The van der Waals surface area contributed by atoms with Crippen molar-refractivity contribution < 1.29 is 4.79 Å². The molecule has 1 aliphatic carbocycles. The lowest BCUT2D eigenvalue weighted by Crippen LogP contribution is -2.28. The van der Waals surface area contributed by atoms with Gasteiger partial charge >= 0.3 is 0 Å². The molecular formula is C13H18N4O. The summed E-state index contributed by atoms with van der Waals surface area (Å²) in [5.41, 5.74) is 6.08. The van der Waals surface area contributed by atoms with Crippen LogP contribution in [0, 0.1) is 5.92 Å². The topological polar surface area (TPSA) is 80.4 Å². The number of nitrogens with two attached hydrogens (primary N) is 1. The molecule has 3 N–H and O–H groups in total. The van der Waals surface area contributed by atoms with Gasteiger partial charge in [0.25, 0.3) is 0 Å². The molecule has 1 amide bonds. The SMILES string of the molecule is NC=NC1CCC(C(=O)Nc2ccncc2)CC1. The van der Waals surface area contributed by atoms with Crippen LogP contribution in [0.3, 0.4) is 0 Å². The van der Waals surface area contributed by atoms with Gasteiger partial charge in [-0.1, -0.05) is 0 Å². The van der Waals surface area contributed by atoms with Crippen LogP contribution in [-0.4, -0.2) is 23.3 Å². The first-order valence-corrected chi connectivity index (χ1v) is 6.24. The Morgan fingerprint density at radius 1 is 1.33 bits per heavy atom. The number of carbonyl (C=O) groups excluding carboxylic acids is 1. The Balaban J connectivity index is 1.84. The van der Waals surface area contributed by atoms with E-state index in [4.69, 9.17) is 5.73 Å². The van der Waals surface area contributed by atoms with Gasteiger partial charge in [-0.2, -0.15) is 0 Å². The predicted molar refractivity (Wildman–Crippen MR) is 71.3 cm³/mol. The van der Waals surface area contributed by atoms with Gasteiger partial charge in [-0.15, -0.1) is 0 Å². The summed E-state index contributed by atoms with van der Waals surface area (Å²) in [6, 6.07) is 3.88. The summed E-state index contributed by atoms with van der Waals surface area (Å²) in [5, 5.41) is 2.92. The number of aliphatic imine (C=N–C) groups is 1. The number of anilines is 1. The number of amides is 1. The van der Waals surface area contributed by atoms with Crippen molar-refractivity contribution >= 4 is 17.9 Å². The van der Waals surface area contributed by atoms with E-state index in [0.29, 0.717) is 6.04 Å². The zero-order chi connectivity index (χ0) is 12.8. The van der Waals surface area contributed by atoms with Crippen LogP contribution in [0.1, 0.15) is 25.7 Å². The molecule has 1 aromatic heterocycles. The fraction of sp³-hybridized carbons (Fsp3) is 0.462. The lowest BCUT2D eigenvalue weighted by atomic mass is 9.85. The highest BCUT2D eigenvalue weighted by molar-refractivity contribution is 5.92. The molecule has 96 valence electrons. The standard InChI is InChI=1S/C13H18N4O/c14-9-16-11-3-1-10(2-4-11)13(18)17-12-5-7-15-8-6-12/h5-11H,1-4H2,(H2,14,16)(H,15,17,18). The minimum Gasteiger partial charge on any atom is -0.390 e. The quantitative estimate of drug-likeness (QED) is 0.627. The molecule has 1 saturated carbocycles. The molecule has 0 bridgehead atoms. The third kappa shape index (κ3) is 3.29. The van der Waals surface area contributed by atoms with E-state index in [2.05, 4.69) is 15.3 Å². The van der Waals surface area contributed by atoms with Crippen LogP contribution >= 0.6 is 0 Å². The van der Waals surface area contributed by atoms with Crippen LogP contribution in [0.2, 0.25) is 0 Å². The lowest BCUT2D eigenvalue weighted by Gasteiger charge is -2.25. The van der Waals surface area contributed by atoms with E-state index in [1.165, 1.54) is 6.34 Å². The van der Waals surface area contributed by atoms with E-state index in [-0.39, 0.29) is 11.8 Å². The van der Waals surface area contributed by atoms with Gasteiger partial charge < -0.3 is 11.1 Å². The van der Waals surface area contributed by atoms with Crippen molar-refractivity contribution in [2.75, 3.05) is 5.32 Å². The molecule has 0 radical (unpaired) electrons. The average Bonchev–Trinajstić information content (AvgIpc) is 2.41. The number of nitrogens with zero attached hydrogens (tertiary/aromatic N) is 2. The van der Waals surface area contributed by atoms with Crippen molar-refractivity contribution in [1.82, 2.24) is 4.98 Å².